The molecule has 0 unspecified atom stereocenters. The fraction of sp³-hybridized carbons (Fsp3) is 0. The predicted octanol–water partition coefficient (Wildman–Crippen LogP) is 5.30. The summed E-state index contributed by atoms with van der Waals surface area (Å²) in [5, 5.41) is 4.14. The average Bonchev–Trinajstić information content (AvgIpc) is 3.02. The van der Waals surface area contributed by atoms with Gasteiger partial charge in [0.05, 0.1) is 21.1 Å². The summed E-state index contributed by atoms with van der Waals surface area (Å²) in [6.45, 7) is 0. The number of nitrogens with zero attached hydrogens (tertiary/aromatic N) is 1. The van der Waals surface area contributed by atoms with Crippen LogP contribution >= 0.6 is 38.6 Å². The Labute approximate surface area is 116 Å². The second-order valence-electron chi connectivity index (χ2n) is 3.51. The van der Waals surface area contributed by atoms with Crippen LogP contribution in [0, 0.1) is 0 Å². The van der Waals surface area contributed by atoms with Gasteiger partial charge in [0.1, 0.15) is 0 Å². The first kappa shape index (κ1) is 11.1. The summed E-state index contributed by atoms with van der Waals surface area (Å²) in [6, 6.07) is 12.4. The zero-order valence-electron chi connectivity index (χ0n) is 8.76. The Morgan fingerprint density at radius 3 is 1.82 bits per heavy atom. The van der Waals surface area contributed by atoms with Crippen LogP contribution in [0.15, 0.2) is 51.6 Å². The van der Waals surface area contributed by atoms with Gasteiger partial charge in [-0.2, -0.15) is 0 Å². The van der Waals surface area contributed by atoms with Gasteiger partial charge in [-0.3, -0.25) is 0 Å². The standard InChI is InChI=1S/C13H8BrNS2/c14-9-7-10(12-3-1-5-16-12)15-11(8-9)13-4-2-6-17-13/h1-8H. The molecule has 0 spiro atoms. The highest BCUT2D eigenvalue weighted by atomic mass is 79.9. The van der Waals surface area contributed by atoms with Gasteiger partial charge < -0.3 is 0 Å². The van der Waals surface area contributed by atoms with Crippen molar-refractivity contribution in [3.63, 3.8) is 0 Å². The zero-order valence-corrected chi connectivity index (χ0v) is 12.0. The van der Waals surface area contributed by atoms with Gasteiger partial charge in [0.25, 0.3) is 0 Å². The normalized spacial score (nSPS) is 10.6. The monoisotopic (exact) mass is 321 g/mol. The molecule has 3 rings (SSSR count). The van der Waals surface area contributed by atoms with E-state index in [0.29, 0.717) is 0 Å². The summed E-state index contributed by atoms with van der Waals surface area (Å²) in [5.74, 6) is 0. The van der Waals surface area contributed by atoms with E-state index in [2.05, 4.69) is 51.0 Å². The van der Waals surface area contributed by atoms with Crippen molar-refractivity contribution in [1.82, 2.24) is 4.98 Å². The van der Waals surface area contributed by atoms with Gasteiger partial charge in [0, 0.05) is 4.47 Å². The molecule has 84 valence electrons. The van der Waals surface area contributed by atoms with Crippen molar-refractivity contribution in [2.24, 2.45) is 0 Å². The zero-order chi connectivity index (χ0) is 11.7. The molecular weight excluding hydrogens is 314 g/mol. The Balaban J connectivity index is 2.13. The molecule has 0 N–H and O–H groups in total. The molecule has 0 amide bonds. The lowest BCUT2D eigenvalue weighted by Crippen LogP contribution is -1.85. The molecule has 0 fully saturated rings. The van der Waals surface area contributed by atoms with Crippen LogP contribution in [-0.4, -0.2) is 4.98 Å². The molecule has 0 aromatic carbocycles. The van der Waals surface area contributed by atoms with E-state index in [1.54, 1.807) is 22.7 Å². The summed E-state index contributed by atoms with van der Waals surface area (Å²) in [7, 11) is 0. The molecule has 1 nitrogen and oxygen atoms in total. The van der Waals surface area contributed by atoms with Crippen LogP contribution < -0.4 is 0 Å². The molecule has 0 aliphatic rings. The number of aromatic nitrogens is 1. The third-order valence-corrected chi connectivity index (χ3v) is 4.58. The maximum Gasteiger partial charge on any atom is 0.0820 e. The minimum atomic E-state index is 1.03. The summed E-state index contributed by atoms with van der Waals surface area (Å²) >= 11 is 6.97. The van der Waals surface area contributed by atoms with Crippen molar-refractivity contribution in [2.45, 2.75) is 0 Å². The van der Waals surface area contributed by atoms with Gasteiger partial charge in [-0.1, -0.05) is 28.1 Å². The van der Waals surface area contributed by atoms with Crippen LogP contribution in [0.4, 0.5) is 0 Å². The van der Waals surface area contributed by atoms with E-state index in [4.69, 9.17) is 4.98 Å². The van der Waals surface area contributed by atoms with E-state index < -0.39 is 0 Å². The molecule has 3 aromatic rings. The van der Waals surface area contributed by atoms with Crippen LogP contribution in [0.2, 0.25) is 0 Å². The molecular formula is C13H8BrNS2. The van der Waals surface area contributed by atoms with Crippen molar-refractivity contribution in [2.75, 3.05) is 0 Å². The third kappa shape index (κ3) is 2.34. The van der Waals surface area contributed by atoms with E-state index in [-0.39, 0.29) is 0 Å². The van der Waals surface area contributed by atoms with Crippen LogP contribution in [-0.2, 0) is 0 Å². The number of hydrogen-bond donors (Lipinski definition) is 0. The minimum absolute atomic E-state index is 1.03. The van der Waals surface area contributed by atoms with Gasteiger partial charge in [-0.05, 0) is 35.0 Å². The van der Waals surface area contributed by atoms with Crippen molar-refractivity contribution < 1.29 is 0 Å². The summed E-state index contributed by atoms with van der Waals surface area (Å²) in [5.41, 5.74) is 2.05. The number of halogens is 1. The number of pyridine rings is 1. The highest BCUT2D eigenvalue weighted by Gasteiger charge is 2.07. The van der Waals surface area contributed by atoms with E-state index in [1.165, 1.54) is 9.75 Å². The number of hydrogen-bond acceptors (Lipinski definition) is 3. The quantitative estimate of drug-likeness (QED) is 0.624. The first-order chi connectivity index (χ1) is 8.33. The minimum Gasteiger partial charge on any atom is -0.246 e. The molecule has 0 aliphatic carbocycles. The van der Waals surface area contributed by atoms with Gasteiger partial charge >= 0.3 is 0 Å². The van der Waals surface area contributed by atoms with Crippen LogP contribution in [0.25, 0.3) is 21.1 Å². The molecule has 0 saturated carbocycles. The molecule has 0 atom stereocenters. The Bertz CT molecular complexity index is 562. The second kappa shape index (κ2) is 4.72. The van der Waals surface area contributed by atoms with E-state index in [1.807, 2.05) is 12.1 Å². The molecule has 17 heavy (non-hydrogen) atoms. The molecule has 4 heteroatoms. The maximum atomic E-state index is 4.71. The van der Waals surface area contributed by atoms with Crippen LogP contribution in [0.3, 0.4) is 0 Å². The Hall–Kier alpha value is -0.970. The van der Waals surface area contributed by atoms with Gasteiger partial charge in [0.2, 0.25) is 0 Å². The smallest absolute Gasteiger partial charge is 0.0820 e. The Morgan fingerprint density at radius 1 is 0.882 bits per heavy atom. The average molecular weight is 322 g/mol. The summed E-state index contributed by atoms with van der Waals surface area (Å²) in [6.07, 6.45) is 0. The number of thiophene rings is 2. The van der Waals surface area contributed by atoms with Crippen LogP contribution in [0.5, 0.6) is 0 Å². The lowest BCUT2D eigenvalue weighted by atomic mass is 10.2. The van der Waals surface area contributed by atoms with E-state index >= 15 is 0 Å². The van der Waals surface area contributed by atoms with E-state index in [9.17, 15) is 0 Å². The largest absolute Gasteiger partial charge is 0.246 e. The molecule has 0 saturated heterocycles. The molecule has 0 radical (unpaired) electrons. The summed E-state index contributed by atoms with van der Waals surface area (Å²) in [4.78, 5) is 7.11. The fourth-order valence-electron chi connectivity index (χ4n) is 1.60. The fourth-order valence-corrected chi connectivity index (χ4v) is 3.40. The lowest BCUT2D eigenvalue weighted by molar-refractivity contribution is 1.34. The predicted molar refractivity (Wildman–Crippen MR) is 78.6 cm³/mol. The summed E-state index contributed by atoms with van der Waals surface area (Å²) < 4.78 is 1.07. The highest BCUT2D eigenvalue weighted by molar-refractivity contribution is 9.10. The van der Waals surface area contributed by atoms with Crippen molar-refractivity contribution in [3.8, 4) is 21.1 Å². The van der Waals surface area contributed by atoms with Crippen molar-refractivity contribution in [3.05, 3.63) is 51.6 Å². The van der Waals surface area contributed by atoms with E-state index in [0.717, 1.165) is 15.9 Å². The first-order valence-electron chi connectivity index (χ1n) is 5.08. The Kier molecular flexibility index (Phi) is 3.09. The highest BCUT2D eigenvalue weighted by Crippen LogP contribution is 2.31. The lowest BCUT2D eigenvalue weighted by Gasteiger charge is -2.02. The second-order valence-corrected chi connectivity index (χ2v) is 6.32. The van der Waals surface area contributed by atoms with Gasteiger partial charge in [-0.25, -0.2) is 4.98 Å². The molecule has 3 heterocycles. The SMILES string of the molecule is Brc1cc(-c2cccs2)nc(-c2cccs2)c1. The Morgan fingerprint density at radius 2 is 1.41 bits per heavy atom. The van der Waals surface area contributed by atoms with Crippen molar-refractivity contribution >= 4 is 38.6 Å². The topological polar surface area (TPSA) is 12.9 Å². The first-order valence-corrected chi connectivity index (χ1v) is 7.63. The molecule has 0 aliphatic heterocycles. The van der Waals surface area contributed by atoms with Crippen molar-refractivity contribution in [1.29, 1.82) is 0 Å². The number of rotatable bonds is 2. The maximum absolute atomic E-state index is 4.71. The van der Waals surface area contributed by atoms with Gasteiger partial charge in [-0.15, -0.1) is 22.7 Å². The molecule has 3 aromatic heterocycles. The van der Waals surface area contributed by atoms with Crippen LogP contribution in [0.1, 0.15) is 0 Å². The van der Waals surface area contributed by atoms with Gasteiger partial charge in [0.15, 0.2) is 0 Å². The molecule has 0 bridgehead atoms. The third-order valence-electron chi connectivity index (χ3n) is 2.34.